The average molecular weight is 238 g/mol. The predicted molar refractivity (Wildman–Crippen MR) is 69.6 cm³/mol. The standard InChI is InChI=1S/C15H26O2/c1-11-5-4-8-15(3,17)13-9-14(2,10-16)12(13)7-6-11/h5,12-13,16-17H,4,6-10H2,1-3H3/b11-5-/t12-,13+,14-,15-/m1/s1. The Labute approximate surface area is 105 Å². The molecule has 0 amide bonds. The van der Waals surface area contributed by atoms with E-state index >= 15 is 0 Å². The second-order valence-corrected chi connectivity index (χ2v) is 6.71. The van der Waals surface area contributed by atoms with Gasteiger partial charge in [-0.1, -0.05) is 18.6 Å². The second kappa shape index (κ2) is 4.40. The fourth-order valence-electron chi connectivity index (χ4n) is 3.79. The Morgan fingerprint density at radius 3 is 2.71 bits per heavy atom. The third-order valence-corrected chi connectivity index (χ3v) is 5.22. The van der Waals surface area contributed by atoms with Gasteiger partial charge in [0.25, 0.3) is 0 Å². The number of aliphatic hydroxyl groups is 2. The fraction of sp³-hybridized carbons (Fsp3) is 0.867. The van der Waals surface area contributed by atoms with Crippen LogP contribution in [0.3, 0.4) is 0 Å². The fourth-order valence-corrected chi connectivity index (χ4v) is 3.79. The summed E-state index contributed by atoms with van der Waals surface area (Å²) in [5, 5.41) is 20.2. The minimum atomic E-state index is -0.555. The summed E-state index contributed by atoms with van der Waals surface area (Å²) in [7, 11) is 0. The molecule has 2 aliphatic carbocycles. The van der Waals surface area contributed by atoms with Crippen molar-refractivity contribution in [3.8, 4) is 0 Å². The number of hydrogen-bond acceptors (Lipinski definition) is 2. The first kappa shape index (κ1) is 13.1. The molecule has 17 heavy (non-hydrogen) atoms. The van der Waals surface area contributed by atoms with E-state index in [9.17, 15) is 10.2 Å². The van der Waals surface area contributed by atoms with Crippen LogP contribution in [0.25, 0.3) is 0 Å². The summed E-state index contributed by atoms with van der Waals surface area (Å²) in [4.78, 5) is 0. The topological polar surface area (TPSA) is 40.5 Å². The molecule has 2 nitrogen and oxygen atoms in total. The van der Waals surface area contributed by atoms with Gasteiger partial charge in [-0.25, -0.2) is 0 Å². The van der Waals surface area contributed by atoms with Gasteiger partial charge < -0.3 is 10.2 Å². The van der Waals surface area contributed by atoms with Gasteiger partial charge in [0.2, 0.25) is 0 Å². The smallest absolute Gasteiger partial charge is 0.0653 e. The molecule has 0 radical (unpaired) electrons. The van der Waals surface area contributed by atoms with E-state index in [0.29, 0.717) is 11.8 Å². The number of fused-ring (bicyclic) bond motifs is 1. The van der Waals surface area contributed by atoms with Crippen LogP contribution in [0.4, 0.5) is 0 Å². The zero-order valence-electron chi connectivity index (χ0n) is 11.4. The normalized spacial score (nSPS) is 50.1. The van der Waals surface area contributed by atoms with E-state index in [-0.39, 0.29) is 12.0 Å². The Balaban J connectivity index is 2.19. The van der Waals surface area contributed by atoms with Crippen LogP contribution >= 0.6 is 0 Å². The van der Waals surface area contributed by atoms with Gasteiger partial charge in [0.05, 0.1) is 5.60 Å². The lowest BCUT2D eigenvalue weighted by atomic mass is 9.49. The molecule has 0 saturated heterocycles. The first-order valence-corrected chi connectivity index (χ1v) is 6.88. The van der Waals surface area contributed by atoms with Crippen molar-refractivity contribution in [2.24, 2.45) is 17.3 Å². The molecule has 0 aromatic carbocycles. The van der Waals surface area contributed by atoms with Gasteiger partial charge in [-0.3, -0.25) is 0 Å². The zero-order valence-corrected chi connectivity index (χ0v) is 11.4. The van der Waals surface area contributed by atoms with Gasteiger partial charge in [-0.05, 0) is 63.2 Å². The lowest BCUT2D eigenvalue weighted by molar-refractivity contribution is -0.163. The maximum atomic E-state index is 10.6. The van der Waals surface area contributed by atoms with Crippen molar-refractivity contribution in [1.82, 2.24) is 0 Å². The Bertz CT molecular complexity index is 319. The number of hydrogen-bond donors (Lipinski definition) is 2. The molecule has 0 aromatic heterocycles. The molecule has 1 fully saturated rings. The highest BCUT2D eigenvalue weighted by atomic mass is 16.3. The second-order valence-electron chi connectivity index (χ2n) is 6.71. The van der Waals surface area contributed by atoms with Crippen molar-refractivity contribution in [2.75, 3.05) is 6.61 Å². The number of allylic oxidation sites excluding steroid dienone is 2. The van der Waals surface area contributed by atoms with Crippen LogP contribution in [-0.4, -0.2) is 22.4 Å². The Kier molecular flexibility index (Phi) is 3.39. The third kappa shape index (κ3) is 2.30. The molecule has 0 bridgehead atoms. The summed E-state index contributed by atoms with van der Waals surface area (Å²) in [5.74, 6) is 0.850. The van der Waals surface area contributed by atoms with E-state index < -0.39 is 5.60 Å². The summed E-state index contributed by atoms with van der Waals surface area (Å²) in [6.45, 7) is 6.59. The summed E-state index contributed by atoms with van der Waals surface area (Å²) in [6, 6.07) is 0. The highest BCUT2D eigenvalue weighted by Crippen LogP contribution is 2.58. The van der Waals surface area contributed by atoms with Gasteiger partial charge >= 0.3 is 0 Å². The van der Waals surface area contributed by atoms with E-state index in [1.165, 1.54) is 5.57 Å². The molecule has 2 N–H and O–H groups in total. The van der Waals surface area contributed by atoms with E-state index in [1.54, 1.807) is 0 Å². The van der Waals surface area contributed by atoms with Crippen molar-refractivity contribution in [3.05, 3.63) is 11.6 Å². The van der Waals surface area contributed by atoms with E-state index in [0.717, 1.165) is 32.1 Å². The summed E-state index contributed by atoms with van der Waals surface area (Å²) in [6.07, 6.45) is 7.31. The molecule has 0 aliphatic heterocycles. The monoisotopic (exact) mass is 238 g/mol. The average Bonchev–Trinajstić information content (AvgIpc) is 2.28. The molecule has 2 heteroatoms. The van der Waals surface area contributed by atoms with E-state index in [1.807, 2.05) is 6.92 Å². The molecule has 2 rings (SSSR count). The molecule has 98 valence electrons. The minimum absolute atomic E-state index is 0.0409. The highest BCUT2D eigenvalue weighted by Gasteiger charge is 2.55. The van der Waals surface area contributed by atoms with Crippen LogP contribution in [0.2, 0.25) is 0 Å². The Morgan fingerprint density at radius 2 is 2.06 bits per heavy atom. The zero-order chi connectivity index (χ0) is 12.7. The van der Waals surface area contributed by atoms with Gasteiger partial charge in [0.15, 0.2) is 0 Å². The van der Waals surface area contributed by atoms with Crippen molar-refractivity contribution in [2.45, 2.75) is 58.5 Å². The maximum absolute atomic E-state index is 10.6. The van der Waals surface area contributed by atoms with E-state index in [4.69, 9.17) is 0 Å². The molecule has 0 aromatic rings. The summed E-state index contributed by atoms with van der Waals surface area (Å²) < 4.78 is 0. The van der Waals surface area contributed by atoms with Crippen molar-refractivity contribution in [3.63, 3.8) is 0 Å². The first-order valence-electron chi connectivity index (χ1n) is 6.88. The van der Waals surface area contributed by atoms with Gasteiger partial charge in [0.1, 0.15) is 0 Å². The molecule has 0 unspecified atom stereocenters. The van der Waals surface area contributed by atoms with Crippen LogP contribution in [0.1, 0.15) is 52.9 Å². The van der Waals surface area contributed by atoms with Crippen molar-refractivity contribution >= 4 is 0 Å². The molecular weight excluding hydrogens is 212 g/mol. The van der Waals surface area contributed by atoms with Crippen LogP contribution in [-0.2, 0) is 0 Å². The largest absolute Gasteiger partial charge is 0.396 e. The van der Waals surface area contributed by atoms with Crippen molar-refractivity contribution < 1.29 is 10.2 Å². The SMILES string of the molecule is C/C1=C/CC[C@@](C)(O)[C@H]2C[C@](C)(CO)[C@@H]2CC1. The van der Waals surface area contributed by atoms with Gasteiger partial charge in [-0.2, -0.15) is 0 Å². The predicted octanol–water partition coefficient (Wildman–Crippen LogP) is 2.89. The van der Waals surface area contributed by atoms with Gasteiger partial charge in [0, 0.05) is 6.61 Å². The lowest BCUT2D eigenvalue weighted by Gasteiger charge is -2.57. The van der Waals surface area contributed by atoms with Crippen molar-refractivity contribution in [1.29, 1.82) is 0 Å². The maximum Gasteiger partial charge on any atom is 0.0653 e. The number of rotatable bonds is 1. The lowest BCUT2D eigenvalue weighted by Crippen LogP contribution is -2.57. The van der Waals surface area contributed by atoms with Crippen LogP contribution < -0.4 is 0 Å². The van der Waals surface area contributed by atoms with Crippen LogP contribution in [0, 0.1) is 17.3 Å². The molecule has 2 aliphatic rings. The Hall–Kier alpha value is -0.340. The summed E-state index contributed by atoms with van der Waals surface area (Å²) in [5.41, 5.74) is 0.924. The van der Waals surface area contributed by atoms with Gasteiger partial charge in [-0.15, -0.1) is 0 Å². The van der Waals surface area contributed by atoms with E-state index in [2.05, 4.69) is 19.9 Å². The molecular formula is C15H26O2. The molecule has 1 saturated carbocycles. The Morgan fingerprint density at radius 1 is 1.35 bits per heavy atom. The molecule has 0 heterocycles. The molecule has 4 atom stereocenters. The quantitative estimate of drug-likeness (QED) is 0.690. The van der Waals surface area contributed by atoms with Crippen LogP contribution in [0.15, 0.2) is 11.6 Å². The summed E-state index contributed by atoms with van der Waals surface area (Å²) >= 11 is 0. The molecule has 0 spiro atoms. The number of aliphatic hydroxyl groups excluding tert-OH is 1. The highest BCUT2D eigenvalue weighted by molar-refractivity contribution is 5.09. The van der Waals surface area contributed by atoms with Crippen LogP contribution in [0.5, 0.6) is 0 Å². The first-order chi connectivity index (χ1) is 7.89. The third-order valence-electron chi connectivity index (χ3n) is 5.22. The minimum Gasteiger partial charge on any atom is -0.396 e.